The molecule has 3 heterocycles. The van der Waals surface area contributed by atoms with Crippen LogP contribution in [-0.2, 0) is 15.9 Å². The molecule has 2 aliphatic heterocycles. The first-order chi connectivity index (χ1) is 12.4. The van der Waals surface area contributed by atoms with Gasteiger partial charge >= 0.3 is 0 Å². The average Bonchev–Trinajstić information content (AvgIpc) is 3.33. The van der Waals surface area contributed by atoms with Gasteiger partial charge in [0.05, 0.1) is 32.6 Å². The number of ether oxygens (including phenoxy) is 2. The Kier molecular flexibility index (Phi) is 7.14. The van der Waals surface area contributed by atoms with Crippen molar-refractivity contribution in [3.05, 3.63) is 24.2 Å². The number of aliphatic imine (C=N–C) groups is 1. The first-order valence-electron chi connectivity index (χ1n) is 9.23. The molecule has 2 saturated heterocycles. The molecule has 1 aromatic rings. The van der Waals surface area contributed by atoms with E-state index in [1.807, 2.05) is 12.1 Å². The summed E-state index contributed by atoms with van der Waals surface area (Å²) >= 11 is 0. The summed E-state index contributed by atoms with van der Waals surface area (Å²) in [5, 5.41) is 3.50. The van der Waals surface area contributed by atoms with Gasteiger partial charge in [-0.25, -0.2) is 0 Å². The summed E-state index contributed by atoms with van der Waals surface area (Å²) in [6.45, 7) is 8.00. The average molecular weight is 350 g/mol. The maximum Gasteiger partial charge on any atom is 0.194 e. The van der Waals surface area contributed by atoms with Gasteiger partial charge in [-0.2, -0.15) is 0 Å². The van der Waals surface area contributed by atoms with Gasteiger partial charge in [-0.1, -0.05) is 0 Å². The number of nitrogens with zero attached hydrogens (tertiary/aromatic N) is 3. The molecule has 0 aromatic carbocycles. The van der Waals surface area contributed by atoms with Gasteiger partial charge in [0.1, 0.15) is 5.76 Å². The molecule has 0 bridgehead atoms. The lowest BCUT2D eigenvalue weighted by Gasteiger charge is -2.32. The van der Waals surface area contributed by atoms with E-state index >= 15 is 0 Å². The molecule has 140 valence electrons. The molecule has 2 fully saturated rings. The monoisotopic (exact) mass is 350 g/mol. The van der Waals surface area contributed by atoms with Gasteiger partial charge in [0, 0.05) is 52.3 Å². The topological polar surface area (TPSA) is 62.5 Å². The molecule has 0 saturated carbocycles. The minimum Gasteiger partial charge on any atom is -0.469 e. The van der Waals surface area contributed by atoms with Crippen LogP contribution in [-0.4, -0.2) is 88.0 Å². The number of furan rings is 1. The molecule has 7 nitrogen and oxygen atoms in total. The minimum atomic E-state index is 0.600. The van der Waals surface area contributed by atoms with Gasteiger partial charge in [-0.15, -0.1) is 0 Å². The van der Waals surface area contributed by atoms with E-state index in [1.165, 1.54) is 6.42 Å². The zero-order valence-electron chi connectivity index (χ0n) is 15.2. The smallest absolute Gasteiger partial charge is 0.194 e. The van der Waals surface area contributed by atoms with E-state index < -0.39 is 0 Å². The minimum absolute atomic E-state index is 0.600. The van der Waals surface area contributed by atoms with Gasteiger partial charge in [-0.05, 0) is 18.6 Å². The van der Waals surface area contributed by atoms with Gasteiger partial charge in [0.15, 0.2) is 5.96 Å². The second-order valence-corrected chi connectivity index (χ2v) is 6.49. The van der Waals surface area contributed by atoms with Crippen molar-refractivity contribution >= 4 is 5.96 Å². The van der Waals surface area contributed by atoms with E-state index in [-0.39, 0.29) is 0 Å². The number of methoxy groups -OCH3 is 1. The van der Waals surface area contributed by atoms with E-state index in [4.69, 9.17) is 18.9 Å². The highest BCUT2D eigenvalue weighted by Gasteiger charge is 2.30. The Bertz CT molecular complexity index is 514. The Balaban J connectivity index is 1.52. The van der Waals surface area contributed by atoms with Gasteiger partial charge in [0.25, 0.3) is 0 Å². The fourth-order valence-corrected chi connectivity index (χ4v) is 3.44. The molecule has 1 unspecified atom stereocenters. The first kappa shape index (κ1) is 18.2. The van der Waals surface area contributed by atoms with Crippen LogP contribution < -0.4 is 5.32 Å². The highest BCUT2D eigenvalue weighted by atomic mass is 16.5. The SMILES string of the molecule is COCCN=C(NCCc1ccco1)N1CCC(N2CCOCC2)C1. The zero-order valence-corrected chi connectivity index (χ0v) is 15.2. The standard InChI is InChI=1S/C18H30N4O3/c1-23-12-7-20-18(19-6-4-17-3-2-11-25-17)22-8-5-16(15-22)21-9-13-24-14-10-21/h2-3,11,16H,4-10,12-15H2,1H3,(H,19,20). The fourth-order valence-electron chi connectivity index (χ4n) is 3.44. The molecule has 3 rings (SSSR count). The Morgan fingerprint density at radius 3 is 3.00 bits per heavy atom. The third-order valence-corrected chi connectivity index (χ3v) is 4.82. The molecule has 0 spiro atoms. The van der Waals surface area contributed by atoms with Crippen molar-refractivity contribution in [2.24, 2.45) is 4.99 Å². The molecule has 0 aliphatic carbocycles. The van der Waals surface area contributed by atoms with Gasteiger partial charge < -0.3 is 24.1 Å². The Hall–Kier alpha value is -1.57. The molecule has 2 aliphatic rings. The molecule has 1 aromatic heterocycles. The lowest BCUT2D eigenvalue weighted by atomic mass is 10.2. The zero-order chi connectivity index (χ0) is 17.3. The number of likely N-dealkylation sites (tertiary alicyclic amines) is 1. The van der Waals surface area contributed by atoms with Gasteiger partial charge in [0.2, 0.25) is 0 Å². The fraction of sp³-hybridized carbons (Fsp3) is 0.722. The second-order valence-electron chi connectivity index (χ2n) is 6.49. The number of morpholine rings is 1. The molecule has 0 amide bonds. The summed E-state index contributed by atoms with van der Waals surface area (Å²) in [5.74, 6) is 1.98. The third kappa shape index (κ3) is 5.45. The van der Waals surface area contributed by atoms with Crippen LogP contribution in [0.15, 0.2) is 27.8 Å². The Morgan fingerprint density at radius 1 is 1.36 bits per heavy atom. The van der Waals surface area contributed by atoms with E-state index in [0.29, 0.717) is 19.2 Å². The maximum absolute atomic E-state index is 5.47. The molecule has 25 heavy (non-hydrogen) atoms. The normalized spacial score (nSPS) is 22.5. The summed E-state index contributed by atoms with van der Waals surface area (Å²) in [7, 11) is 1.71. The number of nitrogens with one attached hydrogen (secondary N) is 1. The van der Waals surface area contributed by atoms with Crippen LogP contribution >= 0.6 is 0 Å². The van der Waals surface area contributed by atoms with Crippen LogP contribution in [0.2, 0.25) is 0 Å². The second kappa shape index (κ2) is 9.79. The lowest BCUT2D eigenvalue weighted by Crippen LogP contribution is -2.47. The molecular formula is C18H30N4O3. The molecule has 7 heteroatoms. The van der Waals surface area contributed by atoms with Crippen molar-refractivity contribution in [2.75, 3.05) is 66.2 Å². The van der Waals surface area contributed by atoms with Crippen LogP contribution in [0.1, 0.15) is 12.2 Å². The molecule has 1 N–H and O–H groups in total. The van der Waals surface area contributed by atoms with E-state index in [9.17, 15) is 0 Å². The van der Waals surface area contributed by atoms with E-state index in [1.54, 1.807) is 13.4 Å². The summed E-state index contributed by atoms with van der Waals surface area (Å²) in [5.41, 5.74) is 0. The van der Waals surface area contributed by atoms with Crippen LogP contribution in [0.5, 0.6) is 0 Å². The Labute approximate surface area is 150 Å². The summed E-state index contributed by atoms with van der Waals surface area (Å²) < 4.78 is 16.0. The van der Waals surface area contributed by atoms with Crippen LogP contribution in [0.4, 0.5) is 0 Å². The largest absolute Gasteiger partial charge is 0.469 e. The van der Waals surface area contributed by atoms with Crippen LogP contribution in [0, 0.1) is 0 Å². The van der Waals surface area contributed by atoms with Crippen molar-refractivity contribution in [1.82, 2.24) is 15.1 Å². The lowest BCUT2D eigenvalue weighted by molar-refractivity contribution is 0.0195. The van der Waals surface area contributed by atoms with Crippen molar-refractivity contribution in [1.29, 1.82) is 0 Å². The third-order valence-electron chi connectivity index (χ3n) is 4.82. The highest BCUT2D eigenvalue weighted by molar-refractivity contribution is 5.80. The highest BCUT2D eigenvalue weighted by Crippen LogP contribution is 2.17. The number of hydrogen-bond acceptors (Lipinski definition) is 5. The van der Waals surface area contributed by atoms with Gasteiger partial charge in [-0.3, -0.25) is 9.89 Å². The predicted octanol–water partition coefficient (Wildman–Crippen LogP) is 0.821. The summed E-state index contributed by atoms with van der Waals surface area (Å²) in [6.07, 6.45) is 3.76. The van der Waals surface area contributed by atoms with E-state index in [0.717, 1.165) is 64.1 Å². The van der Waals surface area contributed by atoms with Crippen LogP contribution in [0.3, 0.4) is 0 Å². The van der Waals surface area contributed by atoms with E-state index in [2.05, 4.69) is 15.1 Å². The molecule has 1 atom stereocenters. The molecule has 0 radical (unpaired) electrons. The quantitative estimate of drug-likeness (QED) is 0.446. The van der Waals surface area contributed by atoms with Crippen molar-refractivity contribution in [3.63, 3.8) is 0 Å². The van der Waals surface area contributed by atoms with Crippen molar-refractivity contribution in [3.8, 4) is 0 Å². The number of guanidine groups is 1. The van der Waals surface area contributed by atoms with Crippen molar-refractivity contribution < 1.29 is 13.9 Å². The molecular weight excluding hydrogens is 320 g/mol. The first-order valence-corrected chi connectivity index (χ1v) is 9.23. The number of rotatable bonds is 7. The summed E-state index contributed by atoms with van der Waals surface area (Å²) in [4.78, 5) is 9.65. The predicted molar refractivity (Wildman–Crippen MR) is 97.0 cm³/mol. The van der Waals surface area contributed by atoms with Crippen molar-refractivity contribution in [2.45, 2.75) is 18.9 Å². The Morgan fingerprint density at radius 2 is 2.24 bits per heavy atom. The van der Waals surface area contributed by atoms with Crippen LogP contribution in [0.25, 0.3) is 0 Å². The number of hydrogen-bond donors (Lipinski definition) is 1. The summed E-state index contributed by atoms with van der Waals surface area (Å²) in [6, 6.07) is 4.53. The maximum atomic E-state index is 5.47.